The van der Waals surface area contributed by atoms with E-state index in [0.717, 1.165) is 56.5 Å². The van der Waals surface area contributed by atoms with Crippen LogP contribution < -0.4 is 11.4 Å². The summed E-state index contributed by atoms with van der Waals surface area (Å²) < 4.78 is 13.4. The zero-order valence-corrected chi connectivity index (χ0v) is 40.6. The van der Waals surface area contributed by atoms with Crippen molar-refractivity contribution in [3.63, 3.8) is 0 Å². The summed E-state index contributed by atoms with van der Waals surface area (Å²) in [7, 11) is 2.61. The molecule has 346 valence electrons. The first-order chi connectivity index (χ1) is 31.8. The second-order valence-corrected chi connectivity index (χ2v) is 16.7. The van der Waals surface area contributed by atoms with Gasteiger partial charge in [0.2, 0.25) is 0 Å². The van der Waals surface area contributed by atoms with Crippen LogP contribution in [0.2, 0.25) is 40.2 Å². The molecule has 4 N–H and O–H groups in total. The minimum atomic E-state index is -1.12. The summed E-state index contributed by atoms with van der Waals surface area (Å²) in [4.78, 5) is 53.5. The molecule has 0 radical (unpaired) electrons. The minimum Gasteiger partial charge on any atom is -0.478 e. The monoisotopic (exact) mass is 1060 g/mol. The highest BCUT2D eigenvalue weighted by atomic mass is 35.5. The van der Waals surface area contributed by atoms with Crippen LogP contribution in [0.15, 0.2) is 131 Å². The number of ether oxygens (including phenoxy) is 2. The van der Waals surface area contributed by atoms with E-state index in [1.165, 1.54) is 32.4 Å². The zero-order chi connectivity index (χ0) is 49.5. The molecule has 8 aromatic rings. The molecule has 1 heterocycles. The molecule has 0 atom stereocenters. The van der Waals surface area contributed by atoms with Gasteiger partial charge in [-0.15, -0.1) is 0 Å². The number of carbonyl (C=O) groups excluding carboxylic acids is 3. The van der Waals surface area contributed by atoms with Crippen molar-refractivity contribution in [2.45, 2.75) is 6.61 Å². The number of methoxy groups -OCH3 is 2. The molecule has 0 bridgehead atoms. The minimum absolute atomic E-state index is 0.0376. The fourth-order valence-corrected chi connectivity index (χ4v) is 6.92. The van der Waals surface area contributed by atoms with Gasteiger partial charge in [0.15, 0.2) is 0 Å². The molecule has 8 rings (SSSR count). The second-order valence-electron chi connectivity index (χ2n) is 13.4. The summed E-state index contributed by atoms with van der Waals surface area (Å²) in [5.41, 5.74) is 7.18. The van der Waals surface area contributed by atoms with Crippen LogP contribution in [0.25, 0.3) is 32.3 Å². The van der Waals surface area contributed by atoms with Gasteiger partial charge in [-0.05, 0) is 117 Å². The molecule has 0 aliphatic rings. The van der Waals surface area contributed by atoms with E-state index in [0.29, 0.717) is 41.3 Å². The van der Waals surface area contributed by atoms with E-state index in [1.54, 1.807) is 54.6 Å². The number of anilines is 1. The molecule has 19 heteroatoms. The molecule has 0 spiro atoms. The highest BCUT2D eigenvalue weighted by Gasteiger charge is 2.11. The van der Waals surface area contributed by atoms with Crippen molar-refractivity contribution in [1.82, 2.24) is 0 Å². The topological polar surface area (TPSA) is 183 Å². The number of hydrogen-bond donors (Lipinski definition) is 3. The lowest BCUT2D eigenvalue weighted by Crippen LogP contribution is -2.03. The van der Waals surface area contributed by atoms with Gasteiger partial charge in [-0.3, -0.25) is 4.79 Å². The normalized spacial score (nSPS) is 10.2. The van der Waals surface area contributed by atoms with Crippen LogP contribution >= 0.6 is 92.8 Å². The lowest BCUT2D eigenvalue weighted by Gasteiger charge is -2.03. The average Bonchev–Trinajstić information content (AvgIpc) is 3.31. The highest BCUT2D eigenvalue weighted by molar-refractivity contribution is 6.44. The molecule has 0 aliphatic heterocycles. The largest absolute Gasteiger partial charge is 0.478 e. The predicted octanol–water partition coefficient (Wildman–Crippen LogP) is 14.2. The Kier molecular flexibility index (Phi) is 20.6. The third kappa shape index (κ3) is 15.5. The Balaban J connectivity index is 0.000000184. The highest BCUT2D eigenvalue weighted by Crippen LogP contribution is 2.31. The third-order valence-corrected chi connectivity index (χ3v) is 11.8. The smallest absolute Gasteiger partial charge is 0.341 e. The SMILES string of the molecule is COC(=O)c1ccc(=O)oc1.COC(=O)c1ccc2cc(Cl)c(Cl)cc2c1.Nc1cc(Cl)c(Cl)cc1C(=O)O.O=Cc1ccc2cc(Cl)c(Cl)cc2c1.OCc1ccc2cc(Cl)c(Cl)cc2c1. The molecular formula is C48H33Cl8NO10. The Bertz CT molecular complexity index is 3160. The lowest BCUT2D eigenvalue weighted by atomic mass is 10.1. The lowest BCUT2D eigenvalue weighted by molar-refractivity contribution is 0.0590. The number of carboxylic acid groups (broad SMARTS) is 1. The summed E-state index contributed by atoms with van der Waals surface area (Å²) in [5.74, 6) is -2.01. The molecule has 0 saturated heterocycles. The van der Waals surface area contributed by atoms with Crippen molar-refractivity contribution in [1.29, 1.82) is 0 Å². The number of benzene rings is 7. The Morgan fingerprint density at radius 3 is 1.43 bits per heavy atom. The van der Waals surface area contributed by atoms with Crippen LogP contribution in [0.4, 0.5) is 5.69 Å². The van der Waals surface area contributed by atoms with Crippen molar-refractivity contribution < 1.29 is 43.3 Å². The van der Waals surface area contributed by atoms with E-state index in [-0.39, 0.29) is 39.4 Å². The Morgan fingerprint density at radius 1 is 0.552 bits per heavy atom. The zero-order valence-electron chi connectivity index (χ0n) is 34.6. The van der Waals surface area contributed by atoms with Crippen LogP contribution in [0.3, 0.4) is 0 Å². The average molecular weight is 1070 g/mol. The first kappa shape index (κ1) is 54.0. The number of aliphatic hydroxyl groups excluding tert-OH is 1. The number of esters is 2. The summed E-state index contributed by atoms with van der Waals surface area (Å²) in [6, 6.07) is 32.0. The van der Waals surface area contributed by atoms with E-state index in [2.05, 4.69) is 13.9 Å². The van der Waals surface area contributed by atoms with Crippen LogP contribution in [0.1, 0.15) is 47.0 Å². The maximum absolute atomic E-state index is 11.3. The van der Waals surface area contributed by atoms with E-state index >= 15 is 0 Å². The van der Waals surface area contributed by atoms with Crippen molar-refractivity contribution in [2.24, 2.45) is 0 Å². The number of nitrogens with two attached hydrogens (primary N) is 1. The standard InChI is InChI=1S/C12H8Cl2O2.C11H8Cl2O.C11H6Cl2O.C7H5Cl2NO2.C7H6O4/c1-16-12(15)8-3-2-7-5-10(13)11(14)6-9(7)4-8;2*12-10-4-8-2-1-7(6-14)3-9(8)5-11(10)13;8-4-1-3(7(11)12)6(10)2-5(4)9;1-10-7(9)5-2-3-6(8)11-4-5/h2-6H,1H3;1-5,14H,6H2;1-6H;1-2H,10H2,(H,11,12);2-4H,1H3. The molecule has 0 saturated carbocycles. The molecule has 0 aliphatic carbocycles. The Morgan fingerprint density at radius 2 is 0.970 bits per heavy atom. The van der Waals surface area contributed by atoms with Gasteiger partial charge in [0.1, 0.15) is 12.5 Å². The van der Waals surface area contributed by atoms with Gasteiger partial charge >= 0.3 is 23.5 Å². The van der Waals surface area contributed by atoms with Crippen molar-refractivity contribution in [3.8, 4) is 0 Å². The number of hydrogen-bond acceptors (Lipinski definition) is 10. The second kappa shape index (κ2) is 25.5. The number of rotatable bonds is 5. The number of fused-ring (bicyclic) bond motifs is 3. The molecule has 67 heavy (non-hydrogen) atoms. The number of aromatic carboxylic acids is 1. The van der Waals surface area contributed by atoms with Crippen molar-refractivity contribution in [3.05, 3.63) is 200 Å². The summed E-state index contributed by atoms with van der Waals surface area (Å²) >= 11 is 46.5. The molecule has 1 aromatic heterocycles. The van der Waals surface area contributed by atoms with Crippen LogP contribution in [0.5, 0.6) is 0 Å². The Labute approximate surface area is 421 Å². The molecule has 0 amide bonds. The number of aldehydes is 1. The van der Waals surface area contributed by atoms with Crippen molar-refractivity contribution in [2.75, 3.05) is 20.0 Å². The summed E-state index contributed by atoms with van der Waals surface area (Å²) in [6.45, 7) is 0.0379. The van der Waals surface area contributed by atoms with Gasteiger partial charge < -0.3 is 29.8 Å². The maximum atomic E-state index is 11.3. The van der Waals surface area contributed by atoms with Crippen molar-refractivity contribution >= 4 is 155 Å². The molecule has 0 unspecified atom stereocenters. The number of carboxylic acids is 1. The van der Waals surface area contributed by atoms with Crippen LogP contribution in [-0.4, -0.2) is 48.6 Å². The first-order valence-electron chi connectivity index (χ1n) is 18.7. The number of aliphatic hydroxyl groups is 1. The van der Waals surface area contributed by atoms with E-state index in [4.69, 9.17) is 109 Å². The third-order valence-electron chi connectivity index (χ3n) is 8.91. The fourth-order valence-electron chi connectivity index (χ4n) is 5.55. The fraction of sp³-hybridized carbons (Fsp3) is 0.0625. The molecule has 11 nitrogen and oxygen atoms in total. The Hall–Kier alpha value is -5.57. The quantitative estimate of drug-likeness (QED) is 0.0847. The maximum Gasteiger partial charge on any atom is 0.341 e. The van der Waals surface area contributed by atoms with Crippen LogP contribution in [-0.2, 0) is 16.1 Å². The first-order valence-corrected chi connectivity index (χ1v) is 21.8. The van der Waals surface area contributed by atoms with Gasteiger partial charge in [0.05, 0.1) is 77.7 Å². The van der Waals surface area contributed by atoms with Gasteiger partial charge in [-0.25, -0.2) is 19.2 Å². The number of halogens is 8. The van der Waals surface area contributed by atoms with E-state index in [9.17, 15) is 24.0 Å². The van der Waals surface area contributed by atoms with Gasteiger partial charge in [0.25, 0.3) is 0 Å². The van der Waals surface area contributed by atoms with Gasteiger partial charge in [-0.2, -0.15) is 0 Å². The number of carbonyl (C=O) groups is 4. The summed E-state index contributed by atoms with van der Waals surface area (Å²) in [5, 5.41) is 26.8. The molecule has 7 aromatic carbocycles. The van der Waals surface area contributed by atoms with E-state index in [1.807, 2.05) is 36.4 Å². The van der Waals surface area contributed by atoms with Gasteiger partial charge in [-0.1, -0.05) is 123 Å². The van der Waals surface area contributed by atoms with Gasteiger partial charge in [0, 0.05) is 17.3 Å². The number of nitrogen functional groups attached to an aromatic ring is 1. The predicted molar refractivity (Wildman–Crippen MR) is 269 cm³/mol. The van der Waals surface area contributed by atoms with E-state index < -0.39 is 17.6 Å². The molecule has 0 fully saturated rings. The summed E-state index contributed by atoms with van der Waals surface area (Å²) in [6.07, 6.45) is 1.87. The molecular weight excluding hydrogens is 1030 g/mol. The van der Waals surface area contributed by atoms with Crippen LogP contribution in [0, 0.1) is 0 Å².